The molecule has 0 bridgehead atoms. The fourth-order valence-corrected chi connectivity index (χ4v) is 4.18. The standard InChI is InChI=1S/C21H31ClN6.HI/c1-4-23-21(25-15-19-10-11-26-28(19)3)24-14-17-8-6-12-27(2)20(17)16-7-5-9-18(22)13-16;/h5,7,9-11,13,17,20H,4,6,8,12,14-15H2,1-3H3,(H2,23,24,25);1H. The molecular weight excluding hydrogens is 499 g/mol. The highest BCUT2D eigenvalue weighted by Gasteiger charge is 2.30. The van der Waals surface area contributed by atoms with Gasteiger partial charge in [-0.3, -0.25) is 9.58 Å². The second-order valence-corrected chi connectivity index (χ2v) is 7.84. The Labute approximate surface area is 196 Å². The molecule has 2 atom stereocenters. The minimum Gasteiger partial charge on any atom is -0.357 e. The Morgan fingerprint density at radius 2 is 2.10 bits per heavy atom. The normalized spacial score (nSPS) is 20.2. The van der Waals surface area contributed by atoms with E-state index >= 15 is 0 Å². The number of hydrogen-bond donors (Lipinski definition) is 2. The van der Waals surface area contributed by atoms with Crippen LogP contribution in [0.4, 0.5) is 0 Å². The van der Waals surface area contributed by atoms with Gasteiger partial charge in [-0.05, 0) is 63.0 Å². The molecule has 2 aromatic rings. The fraction of sp³-hybridized carbons (Fsp3) is 0.524. The number of aryl methyl sites for hydroxylation is 1. The molecule has 1 fully saturated rings. The average molecular weight is 531 g/mol. The van der Waals surface area contributed by atoms with E-state index in [1.165, 1.54) is 18.4 Å². The maximum atomic E-state index is 6.26. The maximum Gasteiger partial charge on any atom is 0.191 e. The van der Waals surface area contributed by atoms with Crippen molar-refractivity contribution in [2.75, 3.05) is 26.7 Å². The number of aromatic nitrogens is 2. The van der Waals surface area contributed by atoms with Crippen LogP contribution in [0.15, 0.2) is 41.5 Å². The summed E-state index contributed by atoms with van der Waals surface area (Å²) in [5.74, 6) is 1.35. The number of nitrogens with one attached hydrogen (secondary N) is 2. The highest BCUT2D eigenvalue weighted by Crippen LogP contribution is 2.35. The summed E-state index contributed by atoms with van der Waals surface area (Å²) in [6.45, 7) is 5.51. The summed E-state index contributed by atoms with van der Waals surface area (Å²) in [6, 6.07) is 10.6. The molecule has 160 valence electrons. The molecular formula is C21H32ClIN6. The molecule has 0 radical (unpaired) electrons. The quantitative estimate of drug-likeness (QED) is 0.339. The molecule has 6 nitrogen and oxygen atoms in total. The van der Waals surface area contributed by atoms with Crippen LogP contribution in [0.1, 0.15) is 37.1 Å². The van der Waals surface area contributed by atoms with Crippen molar-refractivity contribution in [3.63, 3.8) is 0 Å². The number of benzene rings is 1. The van der Waals surface area contributed by atoms with Gasteiger partial charge in [0.1, 0.15) is 0 Å². The van der Waals surface area contributed by atoms with Gasteiger partial charge in [-0.2, -0.15) is 5.10 Å². The molecule has 1 aliphatic heterocycles. The first-order valence-corrected chi connectivity index (χ1v) is 10.4. The van der Waals surface area contributed by atoms with Gasteiger partial charge in [0.05, 0.1) is 12.2 Å². The highest BCUT2D eigenvalue weighted by atomic mass is 127. The van der Waals surface area contributed by atoms with E-state index in [9.17, 15) is 0 Å². The smallest absolute Gasteiger partial charge is 0.191 e. The SMILES string of the molecule is CCNC(=NCc1ccnn1C)NCC1CCCN(C)C1c1cccc(Cl)c1.I. The van der Waals surface area contributed by atoms with Gasteiger partial charge in [-0.1, -0.05) is 23.7 Å². The van der Waals surface area contributed by atoms with Crippen LogP contribution in [0.25, 0.3) is 0 Å². The lowest BCUT2D eigenvalue weighted by Crippen LogP contribution is -2.45. The van der Waals surface area contributed by atoms with Crippen LogP contribution in [0, 0.1) is 5.92 Å². The van der Waals surface area contributed by atoms with E-state index in [-0.39, 0.29) is 24.0 Å². The molecule has 2 unspecified atom stereocenters. The Morgan fingerprint density at radius 3 is 2.79 bits per heavy atom. The Hall–Kier alpha value is -1.32. The molecule has 0 aliphatic carbocycles. The van der Waals surface area contributed by atoms with Gasteiger partial charge < -0.3 is 10.6 Å². The Balaban J connectivity index is 0.00000300. The Kier molecular flexibility index (Phi) is 9.71. The molecule has 0 amide bonds. The zero-order valence-electron chi connectivity index (χ0n) is 17.4. The van der Waals surface area contributed by atoms with Crippen molar-refractivity contribution in [1.29, 1.82) is 0 Å². The van der Waals surface area contributed by atoms with Gasteiger partial charge in [0.2, 0.25) is 0 Å². The largest absolute Gasteiger partial charge is 0.357 e. The molecule has 1 saturated heterocycles. The second-order valence-electron chi connectivity index (χ2n) is 7.40. The van der Waals surface area contributed by atoms with Gasteiger partial charge >= 0.3 is 0 Å². The van der Waals surface area contributed by atoms with E-state index in [1.807, 2.05) is 29.9 Å². The topological polar surface area (TPSA) is 57.5 Å². The minimum absolute atomic E-state index is 0. The number of likely N-dealkylation sites (tertiary alicyclic amines) is 1. The second kappa shape index (κ2) is 11.8. The van der Waals surface area contributed by atoms with Gasteiger partial charge in [-0.25, -0.2) is 4.99 Å². The van der Waals surface area contributed by atoms with Gasteiger partial charge in [0.15, 0.2) is 5.96 Å². The highest BCUT2D eigenvalue weighted by molar-refractivity contribution is 14.0. The summed E-state index contributed by atoms with van der Waals surface area (Å²) in [7, 11) is 4.15. The molecule has 0 spiro atoms. The number of rotatable bonds is 6. The lowest BCUT2D eigenvalue weighted by molar-refractivity contribution is 0.122. The fourth-order valence-electron chi connectivity index (χ4n) is 3.98. The van der Waals surface area contributed by atoms with Crippen LogP contribution in [0.2, 0.25) is 5.02 Å². The monoisotopic (exact) mass is 530 g/mol. The number of aliphatic imine (C=N–C) groups is 1. The number of halogens is 2. The van der Waals surface area contributed by atoms with E-state index in [4.69, 9.17) is 16.6 Å². The van der Waals surface area contributed by atoms with Gasteiger partial charge in [-0.15, -0.1) is 24.0 Å². The third kappa shape index (κ3) is 6.58. The van der Waals surface area contributed by atoms with E-state index in [0.717, 1.165) is 36.3 Å². The van der Waals surface area contributed by atoms with E-state index in [0.29, 0.717) is 18.5 Å². The molecule has 2 heterocycles. The van der Waals surface area contributed by atoms with Crippen molar-refractivity contribution in [2.24, 2.45) is 18.0 Å². The Morgan fingerprint density at radius 1 is 1.28 bits per heavy atom. The van der Waals surface area contributed by atoms with Crippen molar-refractivity contribution in [2.45, 2.75) is 32.4 Å². The van der Waals surface area contributed by atoms with Gasteiger partial charge in [0, 0.05) is 37.4 Å². The Bertz CT molecular complexity index is 793. The predicted molar refractivity (Wildman–Crippen MR) is 131 cm³/mol. The van der Waals surface area contributed by atoms with Crippen molar-refractivity contribution in [1.82, 2.24) is 25.3 Å². The lowest BCUT2D eigenvalue weighted by atomic mass is 9.85. The number of hydrogen-bond acceptors (Lipinski definition) is 3. The molecule has 1 aliphatic rings. The molecule has 0 saturated carbocycles. The molecule has 1 aromatic heterocycles. The van der Waals surface area contributed by atoms with E-state index in [2.05, 4.69) is 46.7 Å². The molecule has 3 rings (SSSR count). The van der Waals surface area contributed by atoms with Crippen molar-refractivity contribution in [3.05, 3.63) is 52.8 Å². The number of piperidine rings is 1. The first kappa shape index (κ1) is 24.0. The molecule has 2 N–H and O–H groups in total. The number of guanidine groups is 1. The van der Waals surface area contributed by atoms with Gasteiger partial charge in [0.25, 0.3) is 0 Å². The lowest BCUT2D eigenvalue weighted by Gasteiger charge is -2.40. The van der Waals surface area contributed by atoms with Crippen molar-refractivity contribution >= 4 is 41.5 Å². The summed E-state index contributed by atoms with van der Waals surface area (Å²) >= 11 is 6.26. The summed E-state index contributed by atoms with van der Waals surface area (Å²) in [6.07, 6.45) is 4.21. The summed E-state index contributed by atoms with van der Waals surface area (Å²) in [5, 5.41) is 11.9. The van der Waals surface area contributed by atoms with Crippen LogP contribution in [-0.2, 0) is 13.6 Å². The predicted octanol–water partition coefficient (Wildman–Crippen LogP) is 3.83. The third-order valence-electron chi connectivity index (χ3n) is 5.39. The first-order valence-electron chi connectivity index (χ1n) is 10.0. The van der Waals surface area contributed by atoms with Crippen molar-refractivity contribution in [3.8, 4) is 0 Å². The molecule has 1 aromatic carbocycles. The zero-order chi connectivity index (χ0) is 19.9. The van der Waals surface area contributed by atoms with E-state index in [1.54, 1.807) is 6.20 Å². The van der Waals surface area contributed by atoms with E-state index < -0.39 is 0 Å². The molecule has 29 heavy (non-hydrogen) atoms. The number of nitrogens with zero attached hydrogens (tertiary/aromatic N) is 4. The third-order valence-corrected chi connectivity index (χ3v) is 5.63. The summed E-state index contributed by atoms with van der Waals surface area (Å²) in [4.78, 5) is 7.18. The first-order chi connectivity index (χ1) is 13.6. The summed E-state index contributed by atoms with van der Waals surface area (Å²) < 4.78 is 1.86. The zero-order valence-corrected chi connectivity index (χ0v) is 20.5. The summed E-state index contributed by atoms with van der Waals surface area (Å²) in [5.41, 5.74) is 2.38. The van der Waals surface area contributed by atoms with Crippen LogP contribution >= 0.6 is 35.6 Å². The minimum atomic E-state index is 0. The van der Waals surface area contributed by atoms with Crippen LogP contribution < -0.4 is 10.6 Å². The maximum absolute atomic E-state index is 6.26. The van der Waals surface area contributed by atoms with Crippen LogP contribution in [-0.4, -0.2) is 47.3 Å². The van der Waals surface area contributed by atoms with Crippen molar-refractivity contribution < 1.29 is 0 Å². The average Bonchev–Trinajstić information content (AvgIpc) is 3.09. The van der Waals surface area contributed by atoms with Crippen LogP contribution in [0.5, 0.6) is 0 Å². The molecule has 8 heteroatoms. The van der Waals surface area contributed by atoms with Crippen LogP contribution in [0.3, 0.4) is 0 Å².